The van der Waals surface area contributed by atoms with Gasteiger partial charge >= 0.3 is 0 Å². The molecule has 0 saturated carbocycles. The van der Waals surface area contributed by atoms with Gasteiger partial charge in [0.05, 0.1) is 21.2 Å². The molecule has 3 aromatic carbocycles. The fourth-order valence-electron chi connectivity index (χ4n) is 4.61. The van der Waals surface area contributed by atoms with Crippen LogP contribution in [0.4, 0.5) is 15.8 Å². The molecule has 5 aromatic rings. The molecule has 0 radical (unpaired) electrons. The molecule has 0 spiro atoms. The highest BCUT2D eigenvalue weighted by atomic mass is 32.1. The lowest BCUT2D eigenvalue weighted by Gasteiger charge is -2.15. The fraction of sp³-hybridized carbons (Fsp3) is 0.185. The van der Waals surface area contributed by atoms with Crippen molar-refractivity contribution in [3.63, 3.8) is 0 Å². The Balaban J connectivity index is 1.29. The van der Waals surface area contributed by atoms with Gasteiger partial charge in [0.25, 0.3) is 0 Å². The van der Waals surface area contributed by atoms with Crippen molar-refractivity contribution in [3.8, 4) is 11.1 Å². The van der Waals surface area contributed by atoms with Crippen molar-refractivity contribution in [3.05, 3.63) is 83.8 Å². The Labute approximate surface area is 195 Å². The molecule has 2 aromatic heterocycles. The second-order valence-electron chi connectivity index (χ2n) is 8.55. The van der Waals surface area contributed by atoms with Crippen molar-refractivity contribution in [2.45, 2.75) is 19.4 Å². The zero-order valence-electron chi connectivity index (χ0n) is 18.1. The topological polar surface area (TPSA) is 41.0 Å². The number of benzene rings is 3. The highest BCUT2D eigenvalue weighted by Gasteiger charge is 2.14. The van der Waals surface area contributed by atoms with E-state index in [0.29, 0.717) is 5.56 Å². The van der Waals surface area contributed by atoms with Gasteiger partial charge in [-0.3, -0.25) is 9.88 Å². The normalized spacial score (nSPS) is 14.3. The van der Waals surface area contributed by atoms with Gasteiger partial charge in [-0.1, -0.05) is 24.3 Å². The van der Waals surface area contributed by atoms with Crippen molar-refractivity contribution in [1.82, 2.24) is 14.9 Å². The molecular weight excluding hydrogens is 431 g/mol. The first-order valence-corrected chi connectivity index (χ1v) is 12.1. The van der Waals surface area contributed by atoms with E-state index in [-0.39, 0.29) is 5.82 Å². The van der Waals surface area contributed by atoms with E-state index in [9.17, 15) is 0 Å². The van der Waals surface area contributed by atoms with Crippen LogP contribution in [0.5, 0.6) is 0 Å². The van der Waals surface area contributed by atoms with Crippen LogP contribution in [0, 0.1) is 5.82 Å². The molecule has 6 heteroatoms. The smallest absolute Gasteiger partial charge is 0.131 e. The average Bonchev–Trinajstić information content (AvgIpc) is 3.51. The van der Waals surface area contributed by atoms with Gasteiger partial charge in [0.15, 0.2) is 0 Å². The number of pyridine rings is 1. The lowest BCUT2D eigenvalue weighted by molar-refractivity contribution is 0.331. The Hall–Kier alpha value is -3.35. The summed E-state index contributed by atoms with van der Waals surface area (Å²) < 4.78 is 16.2. The standard InChI is InChI=1S/C27H23FN4S/c28-23-13-18(16-32-11-1-2-12-32)3-6-21(23)19-4-7-22-24(9-10-29-25(22)14-19)31-20-5-8-27-26(15-20)30-17-33-27/h3-10,13-15,17H,1-2,11-12,16H2,(H,29,31). The summed E-state index contributed by atoms with van der Waals surface area (Å²) >= 11 is 1.63. The number of likely N-dealkylation sites (tertiary alicyclic amines) is 1. The molecule has 6 rings (SSSR count). The number of nitrogens with zero attached hydrogens (tertiary/aromatic N) is 3. The lowest BCUT2D eigenvalue weighted by Crippen LogP contribution is -2.18. The molecule has 0 atom stereocenters. The fourth-order valence-corrected chi connectivity index (χ4v) is 5.26. The third kappa shape index (κ3) is 4.08. The summed E-state index contributed by atoms with van der Waals surface area (Å²) in [7, 11) is 0. The van der Waals surface area contributed by atoms with E-state index in [0.717, 1.165) is 58.6 Å². The maximum atomic E-state index is 15.0. The summed E-state index contributed by atoms with van der Waals surface area (Å²) in [4.78, 5) is 11.3. The van der Waals surface area contributed by atoms with Crippen LogP contribution in [0.1, 0.15) is 18.4 Å². The van der Waals surface area contributed by atoms with Crippen LogP contribution in [-0.2, 0) is 6.54 Å². The second-order valence-corrected chi connectivity index (χ2v) is 9.43. The van der Waals surface area contributed by atoms with E-state index < -0.39 is 0 Å². The molecule has 1 aliphatic rings. The van der Waals surface area contributed by atoms with Crippen LogP contribution in [0.2, 0.25) is 0 Å². The Kier molecular flexibility index (Phi) is 5.24. The van der Waals surface area contributed by atoms with Crippen LogP contribution in [0.3, 0.4) is 0 Å². The second kappa shape index (κ2) is 8.54. The third-order valence-corrected chi connectivity index (χ3v) is 7.11. The molecule has 4 nitrogen and oxygen atoms in total. The Morgan fingerprint density at radius 2 is 1.82 bits per heavy atom. The molecule has 164 valence electrons. The van der Waals surface area contributed by atoms with Crippen LogP contribution in [0.15, 0.2) is 72.4 Å². The minimum Gasteiger partial charge on any atom is -0.355 e. The van der Waals surface area contributed by atoms with E-state index in [1.54, 1.807) is 23.6 Å². The minimum atomic E-state index is -0.183. The van der Waals surface area contributed by atoms with Crippen LogP contribution in [0.25, 0.3) is 32.2 Å². The first-order valence-electron chi connectivity index (χ1n) is 11.2. The van der Waals surface area contributed by atoms with E-state index in [1.807, 2.05) is 48.0 Å². The monoisotopic (exact) mass is 454 g/mol. The molecular formula is C27H23FN4S. The zero-order chi connectivity index (χ0) is 22.2. The van der Waals surface area contributed by atoms with Gasteiger partial charge in [-0.2, -0.15) is 0 Å². The number of hydrogen-bond donors (Lipinski definition) is 1. The van der Waals surface area contributed by atoms with Crippen LogP contribution < -0.4 is 5.32 Å². The maximum absolute atomic E-state index is 15.0. The number of aromatic nitrogens is 2. The summed E-state index contributed by atoms with van der Waals surface area (Å²) in [5.74, 6) is -0.183. The van der Waals surface area contributed by atoms with Crippen LogP contribution in [-0.4, -0.2) is 28.0 Å². The van der Waals surface area contributed by atoms with Gasteiger partial charge in [-0.05, 0) is 73.5 Å². The number of rotatable bonds is 5. The quantitative estimate of drug-likeness (QED) is 0.311. The Bertz CT molecular complexity index is 1460. The molecule has 1 N–H and O–H groups in total. The summed E-state index contributed by atoms with van der Waals surface area (Å²) in [6.45, 7) is 3.03. The predicted molar refractivity (Wildman–Crippen MR) is 135 cm³/mol. The van der Waals surface area contributed by atoms with E-state index in [1.165, 1.54) is 17.5 Å². The van der Waals surface area contributed by atoms with Gasteiger partial charge in [-0.25, -0.2) is 9.37 Å². The summed E-state index contributed by atoms with van der Waals surface area (Å²) in [5.41, 5.74) is 8.07. The van der Waals surface area contributed by atoms with E-state index in [2.05, 4.69) is 32.3 Å². The molecule has 0 amide bonds. The molecule has 0 unspecified atom stereocenters. The number of anilines is 2. The number of hydrogen-bond acceptors (Lipinski definition) is 5. The first-order chi connectivity index (χ1) is 16.2. The number of thiazole rings is 1. The summed E-state index contributed by atoms with van der Waals surface area (Å²) in [5, 5.41) is 4.48. The lowest BCUT2D eigenvalue weighted by atomic mass is 10.0. The predicted octanol–water partition coefficient (Wildman–Crippen LogP) is 6.99. The number of halogens is 1. The molecule has 33 heavy (non-hydrogen) atoms. The number of nitrogens with one attached hydrogen (secondary N) is 1. The van der Waals surface area contributed by atoms with Crippen LogP contribution >= 0.6 is 11.3 Å². The van der Waals surface area contributed by atoms with Gasteiger partial charge in [-0.15, -0.1) is 11.3 Å². The minimum absolute atomic E-state index is 0.183. The number of fused-ring (bicyclic) bond motifs is 2. The highest BCUT2D eigenvalue weighted by Crippen LogP contribution is 2.32. The van der Waals surface area contributed by atoms with Crippen molar-refractivity contribution in [2.75, 3.05) is 18.4 Å². The van der Waals surface area contributed by atoms with E-state index >= 15 is 4.39 Å². The maximum Gasteiger partial charge on any atom is 0.131 e. The zero-order valence-corrected chi connectivity index (χ0v) is 18.9. The van der Waals surface area contributed by atoms with Crippen molar-refractivity contribution >= 4 is 43.8 Å². The highest BCUT2D eigenvalue weighted by molar-refractivity contribution is 7.16. The largest absolute Gasteiger partial charge is 0.355 e. The first kappa shape index (κ1) is 20.3. The molecule has 1 aliphatic heterocycles. The van der Waals surface area contributed by atoms with Crippen molar-refractivity contribution < 1.29 is 4.39 Å². The SMILES string of the molecule is Fc1cc(CN2CCCC2)ccc1-c1ccc2c(Nc3ccc4scnc4c3)ccnc2c1. The van der Waals surface area contributed by atoms with Gasteiger partial charge in [0.1, 0.15) is 5.82 Å². The van der Waals surface area contributed by atoms with Crippen molar-refractivity contribution in [2.24, 2.45) is 0 Å². The molecule has 0 bridgehead atoms. The molecule has 3 heterocycles. The Morgan fingerprint density at radius 3 is 2.70 bits per heavy atom. The molecule has 0 aliphatic carbocycles. The Morgan fingerprint density at radius 1 is 0.909 bits per heavy atom. The van der Waals surface area contributed by atoms with Gasteiger partial charge < -0.3 is 5.32 Å². The third-order valence-electron chi connectivity index (χ3n) is 6.30. The molecule has 1 fully saturated rings. The van der Waals surface area contributed by atoms with E-state index in [4.69, 9.17) is 0 Å². The molecule has 1 saturated heterocycles. The van der Waals surface area contributed by atoms with Crippen molar-refractivity contribution in [1.29, 1.82) is 0 Å². The average molecular weight is 455 g/mol. The van der Waals surface area contributed by atoms with Gasteiger partial charge in [0, 0.05) is 35.1 Å². The summed E-state index contributed by atoms with van der Waals surface area (Å²) in [6.07, 6.45) is 4.26. The van der Waals surface area contributed by atoms with Gasteiger partial charge in [0.2, 0.25) is 0 Å². The summed E-state index contributed by atoms with van der Waals surface area (Å²) in [6, 6.07) is 19.7.